The summed E-state index contributed by atoms with van der Waals surface area (Å²) >= 11 is 0. The van der Waals surface area contributed by atoms with Gasteiger partial charge in [0.1, 0.15) is 0 Å². The molecule has 1 aromatic rings. The Balaban J connectivity index is 1.70. The molecule has 0 spiro atoms. The van der Waals surface area contributed by atoms with E-state index in [9.17, 15) is 9.59 Å². The normalized spacial score (nSPS) is 15.1. The lowest BCUT2D eigenvalue weighted by Crippen LogP contribution is -2.51. The molecule has 1 aliphatic rings. The Morgan fingerprint density at radius 1 is 1.20 bits per heavy atom. The number of rotatable bonds is 4. The van der Waals surface area contributed by atoms with Gasteiger partial charge in [0, 0.05) is 32.7 Å². The minimum absolute atomic E-state index is 0.0392. The largest absolute Gasteiger partial charge is 0.342 e. The van der Waals surface area contributed by atoms with Crippen LogP contribution >= 0.6 is 0 Å². The van der Waals surface area contributed by atoms with E-state index in [1.165, 1.54) is 11.1 Å². The molecule has 0 aromatic heterocycles. The number of urea groups is 1. The van der Waals surface area contributed by atoms with Crippen LogP contribution in [0.1, 0.15) is 11.1 Å². The van der Waals surface area contributed by atoms with Gasteiger partial charge in [0.15, 0.2) is 0 Å². The molecule has 2 rings (SSSR count). The first kappa shape index (κ1) is 14.4. The van der Waals surface area contributed by atoms with Crippen molar-refractivity contribution in [3.63, 3.8) is 0 Å². The third-order valence-corrected chi connectivity index (χ3v) is 3.56. The second-order valence-corrected chi connectivity index (χ2v) is 5.10. The van der Waals surface area contributed by atoms with Crippen molar-refractivity contribution in [3.05, 3.63) is 35.4 Å². The first-order valence-corrected chi connectivity index (χ1v) is 6.97. The summed E-state index contributed by atoms with van der Waals surface area (Å²) < 4.78 is 0. The average molecular weight is 275 g/mol. The van der Waals surface area contributed by atoms with Gasteiger partial charge in [0.2, 0.25) is 6.41 Å². The van der Waals surface area contributed by atoms with Crippen molar-refractivity contribution in [2.24, 2.45) is 0 Å². The third-order valence-electron chi connectivity index (χ3n) is 3.56. The molecule has 5 heteroatoms. The highest BCUT2D eigenvalue weighted by Crippen LogP contribution is 2.04. The summed E-state index contributed by atoms with van der Waals surface area (Å²) in [5.41, 5.74) is 2.47. The number of nitrogens with zero attached hydrogens (tertiary/aromatic N) is 2. The number of carbonyl (C=O) groups is 2. The topological polar surface area (TPSA) is 52.7 Å². The molecule has 0 saturated carbocycles. The fraction of sp³-hybridized carbons (Fsp3) is 0.467. The van der Waals surface area contributed by atoms with E-state index in [1.54, 1.807) is 9.80 Å². The lowest BCUT2D eigenvalue weighted by molar-refractivity contribution is -0.119. The highest BCUT2D eigenvalue weighted by atomic mass is 16.2. The molecule has 1 aromatic carbocycles. The van der Waals surface area contributed by atoms with Crippen molar-refractivity contribution in [3.8, 4) is 0 Å². The van der Waals surface area contributed by atoms with Gasteiger partial charge in [-0.2, -0.15) is 0 Å². The molecule has 0 atom stereocenters. The first-order chi connectivity index (χ1) is 9.69. The maximum absolute atomic E-state index is 11.9. The summed E-state index contributed by atoms with van der Waals surface area (Å²) in [6, 6.07) is 8.29. The molecule has 1 saturated heterocycles. The summed E-state index contributed by atoms with van der Waals surface area (Å²) in [6.45, 7) is 5.15. The molecular weight excluding hydrogens is 254 g/mol. The number of hydrogen-bond donors (Lipinski definition) is 1. The van der Waals surface area contributed by atoms with E-state index in [2.05, 4.69) is 36.5 Å². The van der Waals surface area contributed by atoms with E-state index < -0.39 is 0 Å². The van der Waals surface area contributed by atoms with Crippen LogP contribution < -0.4 is 5.32 Å². The predicted molar refractivity (Wildman–Crippen MR) is 77.5 cm³/mol. The fourth-order valence-corrected chi connectivity index (χ4v) is 2.21. The van der Waals surface area contributed by atoms with Crippen molar-refractivity contribution in [1.82, 2.24) is 15.1 Å². The molecule has 3 amide bonds. The molecule has 0 unspecified atom stereocenters. The predicted octanol–water partition coefficient (Wildman–Crippen LogP) is 1.02. The molecule has 1 heterocycles. The molecule has 20 heavy (non-hydrogen) atoms. The van der Waals surface area contributed by atoms with Crippen molar-refractivity contribution >= 4 is 12.4 Å². The summed E-state index contributed by atoms with van der Waals surface area (Å²) in [5, 5.41) is 2.93. The van der Waals surface area contributed by atoms with Gasteiger partial charge in [-0.1, -0.05) is 29.8 Å². The van der Waals surface area contributed by atoms with Crippen LogP contribution in [0.2, 0.25) is 0 Å². The number of benzene rings is 1. The van der Waals surface area contributed by atoms with Gasteiger partial charge in [-0.3, -0.25) is 4.79 Å². The average Bonchev–Trinajstić information content (AvgIpc) is 2.49. The van der Waals surface area contributed by atoms with Gasteiger partial charge >= 0.3 is 6.03 Å². The van der Waals surface area contributed by atoms with E-state index in [0.29, 0.717) is 32.7 Å². The molecule has 5 nitrogen and oxygen atoms in total. The smallest absolute Gasteiger partial charge is 0.317 e. The van der Waals surface area contributed by atoms with Crippen LogP contribution in [0.3, 0.4) is 0 Å². The number of piperazine rings is 1. The monoisotopic (exact) mass is 275 g/mol. The van der Waals surface area contributed by atoms with Crippen molar-refractivity contribution in [2.45, 2.75) is 13.3 Å². The van der Waals surface area contributed by atoms with Gasteiger partial charge in [-0.25, -0.2) is 4.79 Å². The number of aryl methyl sites for hydroxylation is 1. The Labute approximate surface area is 119 Å². The molecule has 0 aliphatic carbocycles. The number of amides is 3. The SMILES string of the molecule is Cc1ccc(CCNC(=O)N2CCN(C=O)CC2)cc1. The Hall–Kier alpha value is -2.04. The van der Waals surface area contributed by atoms with Crippen LogP contribution in [0.15, 0.2) is 24.3 Å². The fourth-order valence-electron chi connectivity index (χ4n) is 2.21. The zero-order valence-corrected chi connectivity index (χ0v) is 11.8. The highest BCUT2D eigenvalue weighted by Gasteiger charge is 2.19. The van der Waals surface area contributed by atoms with Crippen molar-refractivity contribution in [2.75, 3.05) is 32.7 Å². The van der Waals surface area contributed by atoms with Crippen LogP contribution in [-0.4, -0.2) is 55.0 Å². The van der Waals surface area contributed by atoms with Gasteiger partial charge in [0.05, 0.1) is 0 Å². The first-order valence-electron chi connectivity index (χ1n) is 6.97. The highest BCUT2D eigenvalue weighted by molar-refractivity contribution is 5.74. The standard InChI is InChI=1S/C15H21N3O2/c1-13-2-4-14(5-3-13)6-7-16-15(20)18-10-8-17(12-19)9-11-18/h2-5,12H,6-11H2,1H3,(H,16,20). The van der Waals surface area contributed by atoms with E-state index >= 15 is 0 Å². The minimum Gasteiger partial charge on any atom is -0.342 e. The van der Waals surface area contributed by atoms with Gasteiger partial charge < -0.3 is 15.1 Å². The second-order valence-electron chi connectivity index (χ2n) is 5.10. The van der Waals surface area contributed by atoms with E-state index in [4.69, 9.17) is 0 Å². The van der Waals surface area contributed by atoms with Crippen LogP contribution in [0, 0.1) is 6.92 Å². The van der Waals surface area contributed by atoms with Crippen molar-refractivity contribution in [1.29, 1.82) is 0 Å². The molecule has 1 aliphatic heterocycles. The molecular formula is C15H21N3O2. The van der Waals surface area contributed by atoms with E-state index in [0.717, 1.165) is 12.8 Å². The molecule has 108 valence electrons. The zero-order chi connectivity index (χ0) is 14.4. The molecule has 0 bridgehead atoms. The molecule has 0 radical (unpaired) electrons. The number of hydrogen-bond acceptors (Lipinski definition) is 2. The number of nitrogens with one attached hydrogen (secondary N) is 1. The van der Waals surface area contributed by atoms with Gasteiger partial charge in [0.25, 0.3) is 0 Å². The Kier molecular flexibility index (Phi) is 4.98. The van der Waals surface area contributed by atoms with Gasteiger partial charge in [-0.05, 0) is 18.9 Å². The van der Waals surface area contributed by atoms with Crippen LogP contribution in [-0.2, 0) is 11.2 Å². The maximum Gasteiger partial charge on any atom is 0.317 e. The Morgan fingerprint density at radius 2 is 1.85 bits per heavy atom. The summed E-state index contributed by atoms with van der Waals surface area (Å²) in [4.78, 5) is 26.0. The van der Waals surface area contributed by atoms with Crippen LogP contribution in [0.5, 0.6) is 0 Å². The maximum atomic E-state index is 11.9. The van der Waals surface area contributed by atoms with E-state index in [1.807, 2.05) is 0 Å². The molecule has 1 fully saturated rings. The van der Waals surface area contributed by atoms with Crippen LogP contribution in [0.4, 0.5) is 4.79 Å². The van der Waals surface area contributed by atoms with E-state index in [-0.39, 0.29) is 6.03 Å². The van der Waals surface area contributed by atoms with Gasteiger partial charge in [-0.15, -0.1) is 0 Å². The number of carbonyl (C=O) groups excluding carboxylic acids is 2. The zero-order valence-electron chi connectivity index (χ0n) is 11.8. The summed E-state index contributed by atoms with van der Waals surface area (Å²) in [7, 11) is 0. The quantitative estimate of drug-likeness (QED) is 0.834. The molecule has 1 N–H and O–H groups in total. The lowest BCUT2D eigenvalue weighted by Gasteiger charge is -2.32. The third kappa shape index (κ3) is 3.98. The van der Waals surface area contributed by atoms with Crippen LogP contribution in [0.25, 0.3) is 0 Å². The summed E-state index contributed by atoms with van der Waals surface area (Å²) in [5.74, 6) is 0. The lowest BCUT2D eigenvalue weighted by atomic mass is 10.1. The second kappa shape index (κ2) is 6.93. The minimum atomic E-state index is -0.0392. The summed E-state index contributed by atoms with van der Waals surface area (Å²) in [6.07, 6.45) is 1.67. The van der Waals surface area contributed by atoms with Crippen molar-refractivity contribution < 1.29 is 9.59 Å². The Bertz CT molecular complexity index is 451. The Morgan fingerprint density at radius 3 is 2.45 bits per heavy atom.